The predicted molar refractivity (Wildman–Crippen MR) is 114 cm³/mol. The smallest absolute Gasteiger partial charge is 0.266 e. The van der Waals surface area contributed by atoms with Gasteiger partial charge >= 0.3 is 0 Å². The second-order valence-electron chi connectivity index (χ2n) is 7.34. The van der Waals surface area contributed by atoms with Crippen molar-refractivity contribution in [2.45, 2.75) is 19.3 Å². The quantitative estimate of drug-likeness (QED) is 0.563. The molecule has 2 aliphatic rings. The summed E-state index contributed by atoms with van der Waals surface area (Å²) in [5.41, 5.74) is 0.866. The zero-order valence-electron chi connectivity index (χ0n) is 16.4. The molecule has 158 valence electrons. The highest BCUT2D eigenvalue weighted by Gasteiger charge is 2.37. The first-order valence-electron chi connectivity index (χ1n) is 9.83. The maximum atomic E-state index is 13.5. The van der Waals surface area contributed by atoms with Crippen molar-refractivity contribution in [1.29, 1.82) is 0 Å². The molecule has 0 unspecified atom stereocenters. The zero-order valence-corrected chi connectivity index (χ0v) is 17.2. The predicted octanol–water partition coefficient (Wildman–Crippen LogP) is 3.26. The van der Waals surface area contributed by atoms with Gasteiger partial charge in [-0.2, -0.15) is 0 Å². The summed E-state index contributed by atoms with van der Waals surface area (Å²) in [5.74, 6) is -1.89. The summed E-state index contributed by atoms with van der Waals surface area (Å²) in [6.07, 6.45) is 3.34. The Balaban J connectivity index is 0.00000256. The van der Waals surface area contributed by atoms with Gasteiger partial charge in [0.15, 0.2) is 0 Å². The Bertz CT molecular complexity index is 976. The van der Waals surface area contributed by atoms with E-state index in [0.717, 1.165) is 37.0 Å². The van der Waals surface area contributed by atoms with Crippen LogP contribution in [-0.4, -0.2) is 48.8 Å². The number of nitrogens with zero attached hydrogens (tertiary/aromatic N) is 2. The number of imide groups is 1. The Kier molecular flexibility index (Phi) is 6.84. The summed E-state index contributed by atoms with van der Waals surface area (Å²) in [4.78, 5) is 41.1. The Morgan fingerprint density at radius 3 is 2.47 bits per heavy atom. The van der Waals surface area contributed by atoms with Crippen LogP contribution in [-0.2, 0) is 0 Å². The van der Waals surface area contributed by atoms with Crippen LogP contribution >= 0.6 is 12.4 Å². The van der Waals surface area contributed by atoms with Crippen LogP contribution in [0.4, 0.5) is 10.1 Å². The van der Waals surface area contributed by atoms with Crippen molar-refractivity contribution in [3.05, 3.63) is 65.0 Å². The lowest BCUT2D eigenvalue weighted by atomic mass is 10.1. The molecular weight excluding hydrogens is 409 g/mol. The second-order valence-corrected chi connectivity index (χ2v) is 7.34. The summed E-state index contributed by atoms with van der Waals surface area (Å²) in [6, 6.07) is 9.77. The van der Waals surface area contributed by atoms with Crippen LogP contribution in [0.2, 0.25) is 0 Å². The van der Waals surface area contributed by atoms with Crippen LogP contribution in [0.3, 0.4) is 0 Å². The number of nitrogens with one attached hydrogen (secondary N) is 1. The fourth-order valence-electron chi connectivity index (χ4n) is 3.84. The number of hydrogen-bond donors (Lipinski definition) is 1. The van der Waals surface area contributed by atoms with Gasteiger partial charge in [0, 0.05) is 12.1 Å². The molecular formula is C22H23ClFN3O3. The van der Waals surface area contributed by atoms with Crippen LogP contribution in [0.15, 0.2) is 42.5 Å². The minimum atomic E-state index is -0.556. The van der Waals surface area contributed by atoms with E-state index in [-0.39, 0.29) is 35.1 Å². The van der Waals surface area contributed by atoms with E-state index in [1.807, 2.05) is 0 Å². The lowest BCUT2D eigenvalue weighted by molar-refractivity contribution is 0.0923. The van der Waals surface area contributed by atoms with Crippen molar-refractivity contribution >= 4 is 35.8 Å². The molecule has 0 atom stereocenters. The number of anilines is 1. The first-order valence-corrected chi connectivity index (χ1v) is 9.83. The third-order valence-corrected chi connectivity index (χ3v) is 5.35. The van der Waals surface area contributed by atoms with Crippen molar-refractivity contribution in [1.82, 2.24) is 10.2 Å². The first kappa shape index (κ1) is 21.9. The highest BCUT2D eigenvalue weighted by atomic mass is 35.5. The molecule has 0 radical (unpaired) electrons. The maximum absolute atomic E-state index is 13.5. The molecule has 2 aliphatic heterocycles. The number of hydrogen-bond acceptors (Lipinski definition) is 4. The van der Waals surface area contributed by atoms with Crippen LogP contribution in [0.5, 0.6) is 0 Å². The number of halogens is 2. The maximum Gasteiger partial charge on any atom is 0.266 e. The second kappa shape index (κ2) is 9.36. The minimum Gasteiger partial charge on any atom is -0.352 e. The van der Waals surface area contributed by atoms with Crippen molar-refractivity contribution in [2.24, 2.45) is 0 Å². The average Bonchev–Trinajstić information content (AvgIpc) is 3.32. The van der Waals surface area contributed by atoms with Gasteiger partial charge in [-0.3, -0.25) is 14.4 Å². The molecule has 0 spiro atoms. The summed E-state index contributed by atoms with van der Waals surface area (Å²) in [5, 5.41) is 2.87. The van der Waals surface area contributed by atoms with E-state index >= 15 is 0 Å². The summed E-state index contributed by atoms with van der Waals surface area (Å²) in [6.45, 7) is 3.75. The van der Waals surface area contributed by atoms with Gasteiger partial charge in [0.1, 0.15) is 5.82 Å². The SMILES string of the molecule is Cl.O=C(NCCCN1CCCC1)c1ccc2c(c1)C(=O)N(c1cccc(F)c1)C2=O. The summed E-state index contributed by atoms with van der Waals surface area (Å²) < 4.78 is 13.5. The van der Waals surface area contributed by atoms with Crippen molar-refractivity contribution in [2.75, 3.05) is 31.1 Å². The van der Waals surface area contributed by atoms with Crippen LogP contribution < -0.4 is 10.2 Å². The van der Waals surface area contributed by atoms with E-state index in [9.17, 15) is 18.8 Å². The van der Waals surface area contributed by atoms with Crippen molar-refractivity contribution < 1.29 is 18.8 Å². The molecule has 0 saturated carbocycles. The lowest BCUT2D eigenvalue weighted by Crippen LogP contribution is -2.29. The fourth-order valence-corrected chi connectivity index (χ4v) is 3.84. The van der Waals surface area contributed by atoms with Gasteiger partial charge in [0.25, 0.3) is 17.7 Å². The van der Waals surface area contributed by atoms with Gasteiger partial charge < -0.3 is 10.2 Å². The summed E-state index contributed by atoms with van der Waals surface area (Å²) in [7, 11) is 0. The number of likely N-dealkylation sites (tertiary alicyclic amines) is 1. The molecule has 1 fully saturated rings. The largest absolute Gasteiger partial charge is 0.352 e. The minimum absolute atomic E-state index is 0. The van der Waals surface area contributed by atoms with Gasteiger partial charge in [0.05, 0.1) is 16.8 Å². The topological polar surface area (TPSA) is 69.7 Å². The highest BCUT2D eigenvalue weighted by molar-refractivity contribution is 6.34. The third-order valence-electron chi connectivity index (χ3n) is 5.35. The standard InChI is InChI=1S/C22H22FN3O3.ClH/c23-16-5-3-6-17(14-16)26-21(28)18-8-7-15(13-19(18)22(26)29)20(27)24-9-4-12-25-10-1-2-11-25;/h3,5-8,13-14H,1-2,4,9-12H2,(H,24,27);1H. The molecule has 3 amide bonds. The van der Waals surface area contributed by atoms with Gasteiger partial charge in [-0.25, -0.2) is 9.29 Å². The number of amides is 3. The first-order chi connectivity index (χ1) is 14.0. The monoisotopic (exact) mass is 431 g/mol. The Morgan fingerprint density at radius 2 is 1.73 bits per heavy atom. The Morgan fingerprint density at radius 1 is 1.00 bits per heavy atom. The molecule has 1 saturated heterocycles. The van der Waals surface area contributed by atoms with Gasteiger partial charge in [-0.1, -0.05) is 6.07 Å². The molecule has 0 aromatic heterocycles. The van der Waals surface area contributed by atoms with E-state index in [2.05, 4.69) is 10.2 Å². The number of benzene rings is 2. The van der Waals surface area contributed by atoms with E-state index < -0.39 is 17.6 Å². The summed E-state index contributed by atoms with van der Waals surface area (Å²) >= 11 is 0. The van der Waals surface area contributed by atoms with Gasteiger partial charge in [-0.15, -0.1) is 12.4 Å². The molecule has 6 nitrogen and oxygen atoms in total. The van der Waals surface area contributed by atoms with Crippen LogP contribution in [0, 0.1) is 5.82 Å². The highest BCUT2D eigenvalue weighted by Crippen LogP contribution is 2.29. The molecule has 4 rings (SSSR count). The van der Waals surface area contributed by atoms with Crippen molar-refractivity contribution in [3.8, 4) is 0 Å². The van der Waals surface area contributed by atoms with E-state index in [1.54, 1.807) is 0 Å². The molecule has 0 bridgehead atoms. The van der Waals surface area contributed by atoms with Gasteiger partial charge in [0.2, 0.25) is 0 Å². The zero-order chi connectivity index (χ0) is 20.4. The normalized spacial score (nSPS) is 15.8. The molecule has 2 aromatic carbocycles. The molecule has 1 N–H and O–H groups in total. The van der Waals surface area contributed by atoms with Crippen LogP contribution in [0.1, 0.15) is 50.3 Å². The van der Waals surface area contributed by atoms with E-state index in [4.69, 9.17) is 0 Å². The van der Waals surface area contributed by atoms with E-state index in [0.29, 0.717) is 12.1 Å². The molecule has 2 aromatic rings. The van der Waals surface area contributed by atoms with Crippen molar-refractivity contribution in [3.63, 3.8) is 0 Å². The average molecular weight is 432 g/mol. The molecule has 8 heteroatoms. The van der Waals surface area contributed by atoms with Gasteiger partial charge in [-0.05, 0) is 75.3 Å². The molecule has 30 heavy (non-hydrogen) atoms. The molecule has 0 aliphatic carbocycles. The fraction of sp³-hybridized carbons (Fsp3) is 0.318. The molecule has 2 heterocycles. The Hall–Kier alpha value is -2.77. The number of carbonyl (C=O) groups excluding carboxylic acids is 3. The Labute approximate surface area is 180 Å². The van der Waals surface area contributed by atoms with E-state index in [1.165, 1.54) is 49.2 Å². The third kappa shape index (κ3) is 4.37. The van der Waals surface area contributed by atoms with Crippen LogP contribution in [0.25, 0.3) is 0 Å². The number of carbonyl (C=O) groups is 3. The lowest BCUT2D eigenvalue weighted by Gasteiger charge is -2.14. The number of fused-ring (bicyclic) bond motifs is 1. The number of rotatable bonds is 6.